The predicted molar refractivity (Wildman–Crippen MR) is 43.2 cm³/mol. The third kappa shape index (κ3) is 0.572. The fraction of sp³-hybridized carbons (Fsp3) is 0.800. The Bertz CT molecular complexity index is 264. The molecule has 1 heteroatoms. The van der Waals surface area contributed by atoms with Crippen molar-refractivity contribution in [1.82, 2.24) is 0 Å². The fourth-order valence-electron chi connectivity index (χ4n) is 2.59. The minimum absolute atomic E-state index is 0.152. The average molecular weight is 150 g/mol. The van der Waals surface area contributed by atoms with Crippen LogP contribution in [-0.4, -0.2) is 11.7 Å². The molecule has 3 rings (SSSR count). The van der Waals surface area contributed by atoms with Crippen LogP contribution in [0.25, 0.3) is 0 Å². The van der Waals surface area contributed by atoms with Crippen LogP contribution in [0, 0.1) is 11.3 Å². The number of ether oxygens (including phenoxy) is 1. The number of epoxide rings is 1. The average Bonchev–Trinajstić information content (AvgIpc) is 2.68. The molecule has 1 aliphatic heterocycles. The summed E-state index contributed by atoms with van der Waals surface area (Å²) < 4.78 is 5.58. The molecule has 1 saturated heterocycles. The van der Waals surface area contributed by atoms with E-state index in [-0.39, 0.29) is 5.60 Å². The van der Waals surface area contributed by atoms with Crippen LogP contribution in [0.4, 0.5) is 0 Å². The molecule has 0 aromatic heterocycles. The summed E-state index contributed by atoms with van der Waals surface area (Å²) in [6.07, 6.45) is 4.19. The second-order valence-corrected chi connectivity index (χ2v) is 4.90. The van der Waals surface area contributed by atoms with Gasteiger partial charge in [-0.2, -0.15) is 0 Å². The highest BCUT2D eigenvalue weighted by Gasteiger charge is 2.65. The van der Waals surface area contributed by atoms with Gasteiger partial charge in [0, 0.05) is 0 Å². The molecule has 3 unspecified atom stereocenters. The lowest BCUT2D eigenvalue weighted by Gasteiger charge is -2.01. The van der Waals surface area contributed by atoms with Crippen LogP contribution in [0.1, 0.15) is 27.2 Å². The molecule has 0 spiro atoms. The van der Waals surface area contributed by atoms with Crippen molar-refractivity contribution in [3.05, 3.63) is 11.6 Å². The molecule has 60 valence electrons. The van der Waals surface area contributed by atoms with E-state index >= 15 is 0 Å². The summed E-state index contributed by atoms with van der Waals surface area (Å²) in [5.41, 5.74) is 2.31. The zero-order valence-electron chi connectivity index (χ0n) is 7.35. The van der Waals surface area contributed by atoms with Gasteiger partial charge in [-0.15, -0.1) is 0 Å². The van der Waals surface area contributed by atoms with Crippen molar-refractivity contribution >= 4 is 0 Å². The van der Waals surface area contributed by atoms with Crippen LogP contribution in [0.15, 0.2) is 11.6 Å². The molecule has 3 aliphatic rings. The van der Waals surface area contributed by atoms with Crippen LogP contribution in [0.2, 0.25) is 0 Å². The van der Waals surface area contributed by atoms with Gasteiger partial charge in [-0.3, -0.25) is 0 Å². The van der Waals surface area contributed by atoms with E-state index < -0.39 is 0 Å². The maximum Gasteiger partial charge on any atom is 0.110 e. The Balaban J connectivity index is 2.02. The smallest absolute Gasteiger partial charge is 0.110 e. The molecule has 11 heavy (non-hydrogen) atoms. The Morgan fingerprint density at radius 2 is 2.18 bits per heavy atom. The van der Waals surface area contributed by atoms with Gasteiger partial charge in [0.05, 0.1) is 6.10 Å². The molecule has 1 nitrogen and oxygen atoms in total. The first kappa shape index (κ1) is 6.24. The van der Waals surface area contributed by atoms with E-state index in [1.807, 2.05) is 0 Å². The molecule has 0 aromatic carbocycles. The van der Waals surface area contributed by atoms with Gasteiger partial charge < -0.3 is 4.74 Å². The molecule has 1 heterocycles. The molecule has 3 atom stereocenters. The van der Waals surface area contributed by atoms with Gasteiger partial charge >= 0.3 is 0 Å². The summed E-state index contributed by atoms with van der Waals surface area (Å²) in [7, 11) is 0. The lowest BCUT2D eigenvalue weighted by atomic mass is 9.98. The lowest BCUT2D eigenvalue weighted by molar-refractivity contribution is 0.330. The van der Waals surface area contributed by atoms with Crippen molar-refractivity contribution < 1.29 is 4.74 Å². The molecule has 0 N–H and O–H groups in total. The topological polar surface area (TPSA) is 12.5 Å². The van der Waals surface area contributed by atoms with Crippen molar-refractivity contribution in [3.63, 3.8) is 0 Å². The van der Waals surface area contributed by atoms with Crippen molar-refractivity contribution in [3.8, 4) is 0 Å². The third-order valence-corrected chi connectivity index (χ3v) is 3.78. The van der Waals surface area contributed by atoms with Crippen LogP contribution in [-0.2, 0) is 4.74 Å². The molecule has 0 radical (unpaired) electrons. The van der Waals surface area contributed by atoms with Crippen LogP contribution in [0.3, 0.4) is 0 Å². The normalized spacial score (nSPS) is 55.7. The second-order valence-electron chi connectivity index (χ2n) is 4.90. The summed E-state index contributed by atoms with van der Waals surface area (Å²) in [4.78, 5) is 0. The second kappa shape index (κ2) is 1.31. The van der Waals surface area contributed by atoms with E-state index in [9.17, 15) is 0 Å². The molecule has 0 amide bonds. The summed E-state index contributed by atoms with van der Waals surface area (Å²) in [6.45, 7) is 6.89. The minimum Gasteiger partial charge on any atom is -0.362 e. The summed E-state index contributed by atoms with van der Waals surface area (Å²) in [5, 5.41) is 0. The predicted octanol–water partition coefficient (Wildman–Crippen LogP) is 2.13. The van der Waals surface area contributed by atoms with Crippen molar-refractivity contribution in [2.45, 2.75) is 38.9 Å². The number of hydrogen-bond acceptors (Lipinski definition) is 1. The van der Waals surface area contributed by atoms with Gasteiger partial charge in [-0.1, -0.05) is 25.5 Å². The SMILES string of the molecule is CC12C=C3C(CC1O2)C3(C)C. The highest BCUT2D eigenvalue weighted by Crippen LogP contribution is 2.67. The monoisotopic (exact) mass is 150 g/mol. The maximum absolute atomic E-state index is 5.58. The Morgan fingerprint density at radius 1 is 1.45 bits per heavy atom. The van der Waals surface area contributed by atoms with Crippen LogP contribution >= 0.6 is 0 Å². The van der Waals surface area contributed by atoms with Gasteiger partial charge in [0.1, 0.15) is 5.60 Å². The lowest BCUT2D eigenvalue weighted by Crippen LogP contribution is -2.09. The number of rotatable bonds is 0. The van der Waals surface area contributed by atoms with Gasteiger partial charge in [0.2, 0.25) is 0 Å². The number of hydrogen-bond donors (Lipinski definition) is 0. The van der Waals surface area contributed by atoms with Crippen LogP contribution in [0.5, 0.6) is 0 Å². The molecule has 2 aliphatic carbocycles. The van der Waals surface area contributed by atoms with Crippen molar-refractivity contribution in [1.29, 1.82) is 0 Å². The zero-order valence-corrected chi connectivity index (χ0v) is 7.35. The van der Waals surface area contributed by atoms with Gasteiger partial charge in [0.15, 0.2) is 0 Å². The van der Waals surface area contributed by atoms with E-state index in [4.69, 9.17) is 4.74 Å². The molecule has 0 bridgehead atoms. The summed E-state index contributed by atoms with van der Waals surface area (Å²) in [6, 6.07) is 0. The van der Waals surface area contributed by atoms with Crippen molar-refractivity contribution in [2.24, 2.45) is 11.3 Å². The quantitative estimate of drug-likeness (QED) is 0.380. The summed E-state index contributed by atoms with van der Waals surface area (Å²) in [5.74, 6) is 0.850. The Kier molecular flexibility index (Phi) is 0.742. The molecular weight excluding hydrogens is 136 g/mol. The summed E-state index contributed by atoms with van der Waals surface area (Å²) >= 11 is 0. The number of allylic oxidation sites excluding steroid dienone is 1. The molecule has 1 saturated carbocycles. The molecule has 2 fully saturated rings. The van der Waals surface area contributed by atoms with E-state index in [0.29, 0.717) is 11.5 Å². The zero-order chi connectivity index (χ0) is 7.85. The van der Waals surface area contributed by atoms with E-state index in [1.54, 1.807) is 5.57 Å². The van der Waals surface area contributed by atoms with Crippen LogP contribution < -0.4 is 0 Å². The van der Waals surface area contributed by atoms with Crippen molar-refractivity contribution in [2.75, 3.05) is 0 Å². The first-order valence-corrected chi connectivity index (χ1v) is 4.45. The van der Waals surface area contributed by atoms with Gasteiger partial charge in [0.25, 0.3) is 0 Å². The highest BCUT2D eigenvalue weighted by molar-refractivity contribution is 5.44. The maximum atomic E-state index is 5.58. The Morgan fingerprint density at radius 3 is 2.82 bits per heavy atom. The Hall–Kier alpha value is -0.300. The third-order valence-electron chi connectivity index (χ3n) is 3.78. The van der Waals surface area contributed by atoms with E-state index in [2.05, 4.69) is 26.8 Å². The molecule has 0 aromatic rings. The first-order chi connectivity index (χ1) is 5.04. The minimum atomic E-state index is 0.152. The first-order valence-electron chi connectivity index (χ1n) is 4.45. The molecular formula is C10H14O. The van der Waals surface area contributed by atoms with Gasteiger partial charge in [-0.25, -0.2) is 0 Å². The number of fused-ring (bicyclic) bond motifs is 2. The fourth-order valence-corrected chi connectivity index (χ4v) is 2.59. The van der Waals surface area contributed by atoms with Gasteiger partial charge in [-0.05, 0) is 24.7 Å². The van der Waals surface area contributed by atoms with E-state index in [0.717, 1.165) is 5.92 Å². The largest absolute Gasteiger partial charge is 0.362 e. The Labute approximate surface area is 67.4 Å². The highest BCUT2D eigenvalue weighted by atomic mass is 16.6. The van der Waals surface area contributed by atoms with E-state index in [1.165, 1.54) is 6.42 Å². The standard InChI is InChI=1S/C10H14O/c1-9(2)6-4-8-10(3,11-8)5-7(6)9/h5-6,8H,4H2,1-3H3.